The number of carbonyl (C=O) groups is 1. The second-order valence-corrected chi connectivity index (χ2v) is 5.19. The molecule has 1 atom stereocenters. The number of nitrogens with two attached hydrogens (primary N) is 1. The summed E-state index contributed by atoms with van der Waals surface area (Å²) in [5, 5.41) is 15.0. The Morgan fingerprint density at radius 2 is 2.16 bits per heavy atom. The summed E-state index contributed by atoms with van der Waals surface area (Å²) in [6.45, 7) is 2.54. The van der Waals surface area contributed by atoms with Crippen LogP contribution in [0, 0.1) is 5.41 Å². The van der Waals surface area contributed by atoms with Crippen LogP contribution < -0.4 is 11.1 Å². The topological polar surface area (TPSA) is 96.9 Å². The van der Waals surface area contributed by atoms with Crippen molar-refractivity contribution in [3.63, 3.8) is 0 Å². The van der Waals surface area contributed by atoms with Crippen LogP contribution in [0.5, 0.6) is 0 Å². The maximum atomic E-state index is 12.5. The molecular weight excluding hydrogens is 246 g/mol. The van der Waals surface area contributed by atoms with Gasteiger partial charge in [-0.15, -0.1) is 0 Å². The monoisotopic (exact) mass is 271 g/mol. The molecule has 0 heterocycles. The molecule has 1 fully saturated rings. The van der Waals surface area contributed by atoms with Gasteiger partial charge in [-0.1, -0.05) is 31.3 Å². The number of nitrogens with one attached hydrogen (secondary N) is 1. The lowest BCUT2D eigenvalue weighted by Crippen LogP contribution is -2.51. The molecule has 0 aliphatic heterocycles. The molecule has 0 bridgehead atoms. The SMILES string of the molecule is CCCC(COC)NC(=O)C1(C(N)=NO)CCCC1. The minimum Gasteiger partial charge on any atom is -0.409 e. The van der Waals surface area contributed by atoms with Crippen LogP contribution in [0.15, 0.2) is 5.16 Å². The van der Waals surface area contributed by atoms with Gasteiger partial charge < -0.3 is 21.0 Å². The van der Waals surface area contributed by atoms with Crippen molar-refractivity contribution in [3.05, 3.63) is 0 Å². The van der Waals surface area contributed by atoms with Crippen molar-refractivity contribution in [3.8, 4) is 0 Å². The van der Waals surface area contributed by atoms with Gasteiger partial charge in [0.25, 0.3) is 0 Å². The zero-order valence-corrected chi connectivity index (χ0v) is 11.8. The highest BCUT2D eigenvalue weighted by atomic mass is 16.5. The second-order valence-electron chi connectivity index (χ2n) is 5.19. The van der Waals surface area contributed by atoms with Crippen LogP contribution in [0.1, 0.15) is 45.4 Å². The van der Waals surface area contributed by atoms with Crippen molar-refractivity contribution < 1.29 is 14.7 Å². The molecule has 1 aliphatic rings. The van der Waals surface area contributed by atoms with Gasteiger partial charge in [0.1, 0.15) is 5.41 Å². The van der Waals surface area contributed by atoms with Gasteiger partial charge in [0, 0.05) is 7.11 Å². The van der Waals surface area contributed by atoms with Crippen LogP contribution in [0.4, 0.5) is 0 Å². The fourth-order valence-corrected chi connectivity index (χ4v) is 2.74. The lowest BCUT2D eigenvalue weighted by molar-refractivity contribution is -0.128. The molecular formula is C13H25N3O3. The average Bonchev–Trinajstić information content (AvgIpc) is 2.89. The molecule has 0 aromatic heterocycles. The number of nitrogens with zero attached hydrogens (tertiary/aromatic N) is 1. The molecule has 19 heavy (non-hydrogen) atoms. The minimum absolute atomic E-state index is 0.0218. The summed E-state index contributed by atoms with van der Waals surface area (Å²) in [6.07, 6.45) is 4.94. The lowest BCUT2D eigenvalue weighted by atomic mass is 9.83. The summed E-state index contributed by atoms with van der Waals surface area (Å²) >= 11 is 0. The highest BCUT2D eigenvalue weighted by Crippen LogP contribution is 2.38. The van der Waals surface area contributed by atoms with Crippen LogP contribution in [-0.2, 0) is 9.53 Å². The van der Waals surface area contributed by atoms with Gasteiger partial charge in [0.15, 0.2) is 5.84 Å². The Balaban J connectivity index is 2.77. The Labute approximate surface area is 114 Å². The van der Waals surface area contributed by atoms with Gasteiger partial charge in [-0.2, -0.15) is 0 Å². The molecule has 1 amide bonds. The first-order valence-electron chi connectivity index (χ1n) is 6.88. The van der Waals surface area contributed by atoms with Crippen LogP contribution in [-0.4, -0.2) is 36.7 Å². The molecule has 1 saturated carbocycles. The average molecular weight is 271 g/mol. The summed E-state index contributed by atoms with van der Waals surface area (Å²) in [5.74, 6) is -0.119. The maximum absolute atomic E-state index is 12.5. The van der Waals surface area contributed by atoms with E-state index in [0.29, 0.717) is 19.4 Å². The Hall–Kier alpha value is -1.30. The number of carbonyl (C=O) groups excluding carboxylic acids is 1. The number of hydrogen-bond donors (Lipinski definition) is 3. The van der Waals surface area contributed by atoms with Crippen molar-refractivity contribution in [1.29, 1.82) is 0 Å². The molecule has 0 aromatic rings. The third-order valence-electron chi connectivity index (χ3n) is 3.83. The Morgan fingerprint density at radius 1 is 1.53 bits per heavy atom. The first-order chi connectivity index (χ1) is 9.10. The van der Waals surface area contributed by atoms with Crippen LogP contribution in [0.2, 0.25) is 0 Å². The second kappa shape index (κ2) is 7.33. The van der Waals surface area contributed by atoms with E-state index in [0.717, 1.165) is 25.7 Å². The first-order valence-corrected chi connectivity index (χ1v) is 6.88. The number of hydrogen-bond acceptors (Lipinski definition) is 4. The van der Waals surface area contributed by atoms with E-state index in [1.807, 2.05) is 0 Å². The molecule has 0 saturated heterocycles. The molecule has 110 valence electrons. The van der Waals surface area contributed by atoms with Crippen LogP contribution >= 0.6 is 0 Å². The van der Waals surface area contributed by atoms with Crippen molar-refractivity contribution in [2.75, 3.05) is 13.7 Å². The first kappa shape index (κ1) is 15.8. The fourth-order valence-electron chi connectivity index (χ4n) is 2.74. The summed E-state index contributed by atoms with van der Waals surface area (Å²) in [7, 11) is 1.61. The van der Waals surface area contributed by atoms with Gasteiger partial charge in [-0.25, -0.2) is 0 Å². The fraction of sp³-hybridized carbons (Fsp3) is 0.846. The summed E-state index contributed by atoms with van der Waals surface area (Å²) in [6, 6.07) is -0.0218. The summed E-state index contributed by atoms with van der Waals surface area (Å²) < 4.78 is 5.11. The summed E-state index contributed by atoms with van der Waals surface area (Å²) in [4.78, 5) is 12.5. The van der Waals surface area contributed by atoms with E-state index in [-0.39, 0.29) is 17.8 Å². The van der Waals surface area contributed by atoms with Crippen molar-refractivity contribution in [1.82, 2.24) is 5.32 Å². The van der Waals surface area contributed by atoms with E-state index in [9.17, 15) is 4.79 Å². The molecule has 0 radical (unpaired) electrons. The highest BCUT2D eigenvalue weighted by molar-refractivity contribution is 6.07. The van der Waals surface area contributed by atoms with E-state index >= 15 is 0 Å². The zero-order valence-electron chi connectivity index (χ0n) is 11.8. The van der Waals surface area contributed by atoms with Gasteiger partial charge in [0.05, 0.1) is 12.6 Å². The molecule has 0 aromatic carbocycles. The smallest absolute Gasteiger partial charge is 0.234 e. The number of oxime groups is 1. The predicted octanol–water partition coefficient (Wildman–Crippen LogP) is 1.22. The third-order valence-corrected chi connectivity index (χ3v) is 3.83. The van der Waals surface area contributed by atoms with E-state index in [4.69, 9.17) is 15.7 Å². The number of methoxy groups -OCH3 is 1. The van der Waals surface area contributed by atoms with Gasteiger partial charge in [0.2, 0.25) is 5.91 Å². The predicted molar refractivity (Wildman–Crippen MR) is 73.0 cm³/mol. The Bertz CT molecular complexity index is 319. The standard InChI is InChI=1S/C13H25N3O3/c1-3-6-10(9-19-2)15-12(17)13(11(14)16-18)7-4-5-8-13/h10,18H,3-9H2,1-2H3,(H2,14,16)(H,15,17). The molecule has 0 spiro atoms. The highest BCUT2D eigenvalue weighted by Gasteiger charge is 2.45. The van der Waals surface area contributed by atoms with Crippen molar-refractivity contribution in [2.45, 2.75) is 51.5 Å². The molecule has 6 heteroatoms. The van der Waals surface area contributed by atoms with Gasteiger partial charge in [-0.3, -0.25) is 4.79 Å². The quantitative estimate of drug-likeness (QED) is 0.281. The number of amides is 1. The number of rotatable bonds is 7. The van der Waals surface area contributed by atoms with E-state index < -0.39 is 5.41 Å². The summed E-state index contributed by atoms with van der Waals surface area (Å²) in [5.41, 5.74) is 4.91. The third kappa shape index (κ3) is 3.59. The van der Waals surface area contributed by atoms with E-state index in [1.165, 1.54) is 0 Å². The maximum Gasteiger partial charge on any atom is 0.234 e. The van der Waals surface area contributed by atoms with E-state index in [2.05, 4.69) is 17.4 Å². The van der Waals surface area contributed by atoms with Crippen molar-refractivity contribution >= 4 is 11.7 Å². The van der Waals surface area contributed by atoms with E-state index in [1.54, 1.807) is 7.11 Å². The van der Waals surface area contributed by atoms with Gasteiger partial charge in [-0.05, 0) is 19.3 Å². The largest absolute Gasteiger partial charge is 0.409 e. The number of ether oxygens (including phenoxy) is 1. The lowest BCUT2D eigenvalue weighted by Gasteiger charge is -2.28. The Morgan fingerprint density at radius 3 is 2.63 bits per heavy atom. The van der Waals surface area contributed by atoms with Crippen LogP contribution in [0.25, 0.3) is 0 Å². The van der Waals surface area contributed by atoms with Gasteiger partial charge >= 0.3 is 0 Å². The number of amidine groups is 1. The molecule has 4 N–H and O–H groups in total. The Kier molecular flexibility index (Phi) is 6.08. The molecule has 6 nitrogen and oxygen atoms in total. The molecule has 1 rings (SSSR count). The normalized spacial score (nSPS) is 20.2. The minimum atomic E-state index is -0.839. The van der Waals surface area contributed by atoms with Crippen LogP contribution in [0.3, 0.4) is 0 Å². The molecule has 1 aliphatic carbocycles. The zero-order chi connectivity index (χ0) is 14.3. The van der Waals surface area contributed by atoms with Crippen molar-refractivity contribution in [2.24, 2.45) is 16.3 Å². The molecule has 1 unspecified atom stereocenters.